The third-order valence-electron chi connectivity index (χ3n) is 1.68. The van der Waals surface area contributed by atoms with Gasteiger partial charge in [0.1, 0.15) is 0 Å². The van der Waals surface area contributed by atoms with Gasteiger partial charge in [0.05, 0.1) is 0 Å². The van der Waals surface area contributed by atoms with Crippen LogP contribution in [-0.2, 0) is 13.0 Å². The van der Waals surface area contributed by atoms with Crippen molar-refractivity contribution in [3.8, 4) is 12.3 Å². The van der Waals surface area contributed by atoms with Gasteiger partial charge in [-0.15, -0.1) is 12.3 Å². The van der Waals surface area contributed by atoms with Gasteiger partial charge in [-0.05, 0) is 18.2 Å². The number of terminal acetylenes is 1. The molecule has 1 nitrogen and oxygen atoms in total. The van der Waals surface area contributed by atoms with Crippen LogP contribution in [0.15, 0.2) is 24.3 Å². The Kier molecular flexibility index (Phi) is 3.37. The summed E-state index contributed by atoms with van der Waals surface area (Å²) in [6.45, 7) is 0.901. The van der Waals surface area contributed by atoms with Crippen LogP contribution in [0.3, 0.4) is 0 Å². The highest BCUT2D eigenvalue weighted by Gasteiger charge is 1.92. The van der Waals surface area contributed by atoms with Crippen molar-refractivity contribution in [2.24, 2.45) is 0 Å². The van der Waals surface area contributed by atoms with Crippen LogP contribution >= 0.6 is 0 Å². The van der Waals surface area contributed by atoms with Crippen LogP contribution in [0.4, 0.5) is 0 Å². The second-order valence-corrected chi connectivity index (χ2v) is 2.73. The van der Waals surface area contributed by atoms with Gasteiger partial charge < -0.3 is 5.32 Å². The molecule has 1 aromatic carbocycles. The maximum atomic E-state index is 5.22. The Bertz CT molecular complexity index is 283. The lowest BCUT2D eigenvalue weighted by molar-refractivity contribution is 0.816. The molecular formula is C11H13N. The molecule has 0 spiro atoms. The minimum Gasteiger partial charge on any atom is -0.316 e. The Morgan fingerprint density at radius 3 is 2.83 bits per heavy atom. The molecular weight excluding hydrogens is 146 g/mol. The average molecular weight is 159 g/mol. The molecule has 0 unspecified atom stereocenters. The molecule has 0 saturated heterocycles. The molecule has 1 rings (SSSR count). The Balaban J connectivity index is 2.75. The maximum absolute atomic E-state index is 5.22. The summed E-state index contributed by atoms with van der Waals surface area (Å²) in [4.78, 5) is 0. The van der Waals surface area contributed by atoms with Crippen molar-refractivity contribution in [2.75, 3.05) is 7.05 Å². The second kappa shape index (κ2) is 4.58. The van der Waals surface area contributed by atoms with Gasteiger partial charge in [-0.1, -0.05) is 24.3 Å². The fourth-order valence-electron chi connectivity index (χ4n) is 1.17. The van der Waals surface area contributed by atoms with Crippen LogP contribution in [0.25, 0.3) is 0 Å². The number of nitrogens with one attached hydrogen (secondary N) is 1. The monoisotopic (exact) mass is 159 g/mol. The zero-order chi connectivity index (χ0) is 8.81. The third kappa shape index (κ3) is 2.41. The largest absolute Gasteiger partial charge is 0.316 e. The minimum absolute atomic E-state index is 0.720. The van der Waals surface area contributed by atoms with Gasteiger partial charge in [-0.2, -0.15) is 0 Å². The lowest BCUT2D eigenvalue weighted by Gasteiger charge is -2.01. The lowest BCUT2D eigenvalue weighted by atomic mass is 10.1. The smallest absolute Gasteiger partial charge is 0.0337 e. The highest BCUT2D eigenvalue weighted by atomic mass is 14.8. The summed E-state index contributed by atoms with van der Waals surface area (Å²) in [5.41, 5.74) is 2.50. The highest BCUT2D eigenvalue weighted by Crippen LogP contribution is 2.04. The Labute approximate surface area is 73.8 Å². The summed E-state index contributed by atoms with van der Waals surface area (Å²) in [6.07, 6.45) is 5.94. The van der Waals surface area contributed by atoms with E-state index in [2.05, 4.69) is 29.4 Å². The first kappa shape index (κ1) is 8.83. The van der Waals surface area contributed by atoms with Crippen LogP contribution in [0.5, 0.6) is 0 Å². The van der Waals surface area contributed by atoms with Crippen LogP contribution in [0, 0.1) is 12.3 Å². The zero-order valence-electron chi connectivity index (χ0n) is 7.30. The van der Waals surface area contributed by atoms with Crippen molar-refractivity contribution >= 4 is 0 Å². The van der Waals surface area contributed by atoms with Gasteiger partial charge in [-0.25, -0.2) is 0 Å². The van der Waals surface area contributed by atoms with Gasteiger partial charge in [-0.3, -0.25) is 0 Å². The van der Waals surface area contributed by atoms with Crippen LogP contribution in [-0.4, -0.2) is 7.05 Å². The first-order chi connectivity index (χ1) is 5.86. The average Bonchev–Trinajstić information content (AvgIpc) is 2.06. The van der Waals surface area contributed by atoms with Crippen molar-refractivity contribution < 1.29 is 0 Å². The fraction of sp³-hybridized carbons (Fsp3) is 0.273. The molecule has 62 valence electrons. The molecule has 0 saturated carbocycles. The van der Waals surface area contributed by atoms with Crippen molar-refractivity contribution in [3.63, 3.8) is 0 Å². The predicted octanol–water partition coefficient (Wildman–Crippen LogP) is 1.58. The van der Waals surface area contributed by atoms with Gasteiger partial charge >= 0.3 is 0 Å². The van der Waals surface area contributed by atoms with E-state index in [-0.39, 0.29) is 0 Å². The van der Waals surface area contributed by atoms with Crippen LogP contribution in [0.2, 0.25) is 0 Å². The molecule has 12 heavy (non-hydrogen) atoms. The number of hydrogen-bond acceptors (Lipinski definition) is 1. The first-order valence-electron chi connectivity index (χ1n) is 4.02. The SMILES string of the molecule is C#CCc1cccc(CNC)c1. The molecule has 0 aliphatic carbocycles. The Morgan fingerprint density at radius 2 is 2.17 bits per heavy atom. The molecule has 0 radical (unpaired) electrons. The second-order valence-electron chi connectivity index (χ2n) is 2.73. The maximum Gasteiger partial charge on any atom is 0.0337 e. The third-order valence-corrected chi connectivity index (χ3v) is 1.68. The topological polar surface area (TPSA) is 12.0 Å². The molecule has 1 aromatic rings. The number of hydrogen-bond donors (Lipinski definition) is 1. The molecule has 1 N–H and O–H groups in total. The van der Waals surface area contributed by atoms with Crippen molar-refractivity contribution in [3.05, 3.63) is 35.4 Å². The van der Waals surface area contributed by atoms with Crippen LogP contribution < -0.4 is 5.32 Å². The molecule has 0 heterocycles. The molecule has 0 amide bonds. The van der Waals surface area contributed by atoms with Gasteiger partial charge in [0.2, 0.25) is 0 Å². The molecule has 0 bridgehead atoms. The van der Waals surface area contributed by atoms with E-state index in [4.69, 9.17) is 6.42 Å². The van der Waals surface area contributed by atoms with E-state index in [1.54, 1.807) is 0 Å². The number of rotatable bonds is 3. The highest BCUT2D eigenvalue weighted by molar-refractivity contribution is 5.26. The Hall–Kier alpha value is -1.26. The summed E-state index contributed by atoms with van der Waals surface area (Å²) in [6, 6.07) is 8.32. The van der Waals surface area contributed by atoms with E-state index in [1.165, 1.54) is 11.1 Å². The normalized spacial score (nSPS) is 9.33. The van der Waals surface area contributed by atoms with E-state index in [9.17, 15) is 0 Å². The predicted molar refractivity (Wildman–Crippen MR) is 51.7 cm³/mol. The zero-order valence-corrected chi connectivity index (χ0v) is 7.30. The number of benzene rings is 1. The Morgan fingerprint density at radius 1 is 1.42 bits per heavy atom. The minimum atomic E-state index is 0.720. The molecule has 0 aromatic heterocycles. The van der Waals surface area contributed by atoms with Crippen molar-refractivity contribution in [1.29, 1.82) is 0 Å². The van der Waals surface area contributed by atoms with E-state index in [0.717, 1.165) is 13.0 Å². The molecule has 0 aliphatic heterocycles. The van der Waals surface area contributed by atoms with Crippen molar-refractivity contribution in [1.82, 2.24) is 5.32 Å². The van der Waals surface area contributed by atoms with E-state index >= 15 is 0 Å². The van der Waals surface area contributed by atoms with Crippen molar-refractivity contribution in [2.45, 2.75) is 13.0 Å². The summed E-state index contributed by atoms with van der Waals surface area (Å²) in [5.74, 6) is 2.63. The van der Waals surface area contributed by atoms with E-state index in [1.807, 2.05) is 13.1 Å². The van der Waals surface area contributed by atoms with Crippen LogP contribution in [0.1, 0.15) is 11.1 Å². The summed E-state index contributed by atoms with van der Waals surface area (Å²) in [7, 11) is 1.94. The molecule has 0 aliphatic rings. The summed E-state index contributed by atoms with van der Waals surface area (Å²) < 4.78 is 0. The molecule has 0 atom stereocenters. The first-order valence-corrected chi connectivity index (χ1v) is 4.02. The van der Waals surface area contributed by atoms with E-state index < -0.39 is 0 Å². The fourth-order valence-corrected chi connectivity index (χ4v) is 1.17. The van der Waals surface area contributed by atoms with E-state index in [0.29, 0.717) is 0 Å². The lowest BCUT2D eigenvalue weighted by Crippen LogP contribution is -2.04. The van der Waals surface area contributed by atoms with Gasteiger partial charge in [0.25, 0.3) is 0 Å². The standard InChI is InChI=1S/C11H13N/c1-3-5-10-6-4-7-11(8-10)9-12-2/h1,4,6-8,12H,5,9H2,2H3. The summed E-state index contributed by atoms with van der Waals surface area (Å²) >= 11 is 0. The summed E-state index contributed by atoms with van der Waals surface area (Å²) in [5, 5.41) is 3.10. The molecule has 0 fully saturated rings. The quantitative estimate of drug-likeness (QED) is 0.660. The molecule has 1 heteroatoms. The van der Waals surface area contributed by atoms with Gasteiger partial charge in [0, 0.05) is 13.0 Å². The van der Waals surface area contributed by atoms with Gasteiger partial charge in [0.15, 0.2) is 0 Å².